The number of halogens is 3. The Morgan fingerprint density at radius 1 is 0.775 bits per heavy atom. The molecule has 4 aromatic carbocycles. The second-order valence-corrected chi connectivity index (χ2v) is 11.1. The monoisotopic (exact) mass is 653 g/mol. The molecule has 0 radical (unpaired) electrons. The zero-order valence-electron chi connectivity index (χ0n) is 20.8. The topological polar surface area (TPSA) is 87.3 Å². The quantitative estimate of drug-likeness (QED) is 0.127. The summed E-state index contributed by atoms with van der Waals surface area (Å²) in [6.07, 6.45) is 1.47. The van der Waals surface area contributed by atoms with Crippen molar-refractivity contribution in [3.8, 4) is 0 Å². The van der Waals surface area contributed by atoms with Crippen LogP contribution < -0.4 is 16.0 Å². The number of benzene rings is 4. The predicted octanol–water partition coefficient (Wildman–Crippen LogP) is 7.90. The van der Waals surface area contributed by atoms with E-state index in [2.05, 4.69) is 31.9 Å². The summed E-state index contributed by atoms with van der Waals surface area (Å²) >= 11 is 17.2. The first-order valence-corrected chi connectivity index (χ1v) is 14.4. The molecule has 6 nitrogen and oxygen atoms in total. The molecule has 3 N–H and O–H groups in total. The number of hydrogen-bond donors (Lipinski definition) is 3. The third-order valence-corrected chi connectivity index (χ3v) is 7.79. The van der Waals surface area contributed by atoms with Crippen molar-refractivity contribution < 1.29 is 14.4 Å². The van der Waals surface area contributed by atoms with Crippen LogP contribution >= 0.6 is 50.9 Å². The van der Waals surface area contributed by atoms with E-state index in [4.69, 9.17) is 23.2 Å². The first kappa shape index (κ1) is 29.4. The Labute approximate surface area is 254 Å². The van der Waals surface area contributed by atoms with Crippen LogP contribution in [0.15, 0.2) is 112 Å². The van der Waals surface area contributed by atoms with Gasteiger partial charge >= 0.3 is 0 Å². The standard InChI is InChI=1S/C30H22BrCl2N3O3S/c31-21-9-11-22(12-10-21)34-27(37)18-40-24-15-13-23(14-16-24)35-30(39)26(17-20-7-4-8-25(32)28(20)33)36-29(38)19-5-2-1-3-6-19/h1-17H,18H2,(H,34,37)(H,35,39)(H,36,38)/b26-17-. The van der Waals surface area contributed by atoms with Crippen LogP contribution in [0.3, 0.4) is 0 Å². The van der Waals surface area contributed by atoms with Crippen LogP contribution in [-0.2, 0) is 9.59 Å². The maximum atomic E-state index is 13.2. The highest BCUT2D eigenvalue weighted by atomic mass is 79.9. The van der Waals surface area contributed by atoms with Gasteiger partial charge in [0.2, 0.25) is 5.91 Å². The van der Waals surface area contributed by atoms with E-state index in [1.807, 2.05) is 24.3 Å². The number of nitrogens with one attached hydrogen (secondary N) is 3. The van der Waals surface area contributed by atoms with E-state index in [9.17, 15) is 14.4 Å². The molecule has 0 saturated heterocycles. The van der Waals surface area contributed by atoms with E-state index in [-0.39, 0.29) is 22.4 Å². The van der Waals surface area contributed by atoms with Gasteiger partial charge in [-0.05, 0) is 78.4 Å². The van der Waals surface area contributed by atoms with E-state index < -0.39 is 11.8 Å². The molecule has 0 unspecified atom stereocenters. The lowest BCUT2D eigenvalue weighted by atomic mass is 10.1. The summed E-state index contributed by atoms with van der Waals surface area (Å²) in [5, 5.41) is 8.89. The van der Waals surface area contributed by atoms with Gasteiger partial charge in [0, 0.05) is 26.3 Å². The second-order valence-electron chi connectivity index (χ2n) is 8.34. The average molecular weight is 655 g/mol. The van der Waals surface area contributed by atoms with Crippen molar-refractivity contribution in [1.82, 2.24) is 5.32 Å². The number of amides is 3. The molecule has 0 saturated carbocycles. The van der Waals surface area contributed by atoms with Crippen molar-refractivity contribution in [3.05, 3.63) is 128 Å². The first-order valence-electron chi connectivity index (χ1n) is 11.9. The average Bonchev–Trinajstić information content (AvgIpc) is 2.96. The van der Waals surface area contributed by atoms with Gasteiger partial charge in [-0.3, -0.25) is 14.4 Å². The first-order chi connectivity index (χ1) is 19.3. The lowest BCUT2D eigenvalue weighted by Gasteiger charge is -2.12. The highest BCUT2D eigenvalue weighted by Gasteiger charge is 2.16. The molecular weight excluding hydrogens is 633 g/mol. The summed E-state index contributed by atoms with van der Waals surface area (Å²) in [5.74, 6) is -0.906. The molecule has 0 aliphatic heterocycles. The van der Waals surface area contributed by atoms with Crippen molar-refractivity contribution in [3.63, 3.8) is 0 Å². The van der Waals surface area contributed by atoms with Crippen molar-refractivity contribution in [2.24, 2.45) is 0 Å². The largest absolute Gasteiger partial charge is 0.325 e. The smallest absolute Gasteiger partial charge is 0.272 e. The fourth-order valence-corrected chi connectivity index (χ4v) is 4.77. The minimum absolute atomic E-state index is 0.0129. The summed E-state index contributed by atoms with van der Waals surface area (Å²) in [4.78, 5) is 39.2. The van der Waals surface area contributed by atoms with Crippen molar-refractivity contribution >= 4 is 86.1 Å². The molecule has 0 atom stereocenters. The van der Waals surface area contributed by atoms with E-state index in [0.29, 0.717) is 27.5 Å². The van der Waals surface area contributed by atoms with Crippen molar-refractivity contribution in [2.75, 3.05) is 16.4 Å². The fraction of sp³-hybridized carbons (Fsp3) is 0.0333. The molecule has 0 bridgehead atoms. The normalized spacial score (nSPS) is 11.0. The number of rotatable bonds is 9. The number of thioether (sulfide) groups is 1. The molecule has 10 heteroatoms. The van der Waals surface area contributed by atoms with Crippen LogP contribution in [0, 0.1) is 0 Å². The number of anilines is 2. The van der Waals surface area contributed by atoms with Gasteiger partial charge in [-0.25, -0.2) is 0 Å². The summed E-state index contributed by atoms with van der Waals surface area (Å²) in [6.45, 7) is 0. The Balaban J connectivity index is 1.43. The summed E-state index contributed by atoms with van der Waals surface area (Å²) in [6, 6.07) is 27.9. The van der Waals surface area contributed by atoms with Gasteiger partial charge in [-0.1, -0.05) is 69.5 Å². The second kappa shape index (κ2) is 14.2. The van der Waals surface area contributed by atoms with E-state index >= 15 is 0 Å². The van der Waals surface area contributed by atoms with Crippen LogP contribution in [0.1, 0.15) is 15.9 Å². The molecule has 4 rings (SSSR count). The number of carbonyl (C=O) groups is 3. The zero-order valence-corrected chi connectivity index (χ0v) is 24.7. The lowest BCUT2D eigenvalue weighted by molar-refractivity contribution is -0.114. The molecule has 0 aromatic heterocycles. The van der Waals surface area contributed by atoms with E-state index in [0.717, 1.165) is 9.37 Å². The maximum absolute atomic E-state index is 13.2. The molecule has 0 spiro atoms. The minimum atomic E-state index is -0.547. The fourth-order valence-electron chi connectivity index (χ4n) is 3.44. The Bertz CT molecular complexity index is 1550. The van der Waals surface area contributed by atoms with Gasteiger partial charge in [0.1, 0.15) is 5.70 Å². The van der Waals surface area contributed by atoms with Gasteiger partial charge in [0.05, 0.1) is 15.8 Å². The van der Waals surface area contributed by atoms with E-state index in [1.165, 1.54) is 17.8 Å². The van der Waals surface area contributed by atoms with Crippen LogP contribution in [-0.4, -0.2) is 23.5 Å². The SMILES string of the molecule is O=C(CSc1ccc(NC(=O)/C(=C/c2cccc(Cl)c2Cl)NC(=O)c2ccccc2)cc1)Nc1ccc(Br)cc1. The molecular formula is C30H22BrCl2N3O3S. The molecule has 0 aliphatic carbocycles. The summed E-state index contributed by atoms with van der Waals surface area (Å²) in [5.41, 5.74) is 2.07. The highest BCUT2D eigenvalue weighted by molar-refractivity contribution is 9.10. The van der Waals surface area contributed by atoms with E-state index in [1.54, 1.807) is 72.8 Å². The predicted molar refractivity (Wildman–Crippen MR) is 167 cm³/mol. The number of hydrogen-bond acceptors (Lipinski definition) is 4. The minimum Gasteiger partial charge on any atom is -0.325 e. The molecule has 3 amide bonds. The molecule has 202 valence electrons. The van der Waals surface area contributed by atoms with Gasteiger partial charge in [-0.2, -0.15) is 0 Å². The molecule has 0 aliphatic rings. The zero-order chi connectivity index (χ0) is 28.5. The van der Waals surface area contributed by atoms with Gasteiger partial charge < -0.3 is 16.0 Å². The maximum Gasteiger partial charge on any atom is 0.272 e. The lowest BCUT2D eigenvalue weighted by Crippen LogP contribution is -2.30. The molecule has 4 aromatic rings. The van der Waals surface area contributed by atoms with Crippen molar-refractivity contribution in [2.45, 2.75) is 4.90 Å². The van der Waals surface area contributed by atoms with Gasteiger partial charge in [0.15, 0.2) is 0 Å². The molecule has 40 heavy (non-hydrogen) atoms. The molecule has 0 heterocycles. The van der Waals surface area contributed by atoms with Crippen LogP contribution in [0.25, 0.3) is 6.08 Å². The van der Waals surface area contributed by atoms with Crippen LogP contribution in [0.2, 0.25) is 10.0 Å². The Morgan fingerprint density at radius 3 is 2.12 bits per heavy atom. The van der Waals surface area contributed by atoms with Crippen LogP contribution in [0.5, 0.6) is 0 Å². The third kappa shape index (κ3) is 8.47. The van der Waals surface area contributed by atoms with Gasteiger partial charge in [-0.15, -0.1) is 11.8 Å². The Kier molecular flexibility index (Phi) is 10.4. The summed E-state index contributed by atoms with van der Waals surface area (Å²) < 4.78 is 0.932. The van der Waals surface area contributed by atoms with Crippen molar-refractivity contribution in [1.29, 1.82) is 0 Å². The van der Waals surface area contributed by atoms with Crippen LogP contribution in [0.4, 0.5) is 11.4 Å². The Hall–Kier alpha value is -3.56. The van der Waals surface area contributed by atoms with Gasteiger partial charge in [0.25, 0.3) is 11.8 Å². The molecule has 0 fully saturated rings. The Morgan fingerprint density at radius 2 is 1.43 bits per heavy atom. The summed E-state index contributed by atoms with van der Waals surface area (Å²) in [7, 11) is 0. The highest BCUT2D eigenvalue weighted by Crippen LogP contribution is 2.27. The number of carbonyl (C=O) groups excluding carboxylic acids is 3. The third-order valence-electron chi connectivity index (χ3n) is 5.42.